The van der Waals surface area contributed by atoms with Crippen molar-refractivity contribution in [2.75, 3.05) is 31.8 Å². The highest BCUT2D eigenvalue weighted by molar-refractivity contribution is 8.01. The zero-order valence-corrected chi connectivity index (χ0v) is 14.2. The Morgan fingerprint density at radius 3 is 2.82 bits per heavy atom. The molecule has 0 bridgehead atoms. The van der Waals surface area contributed by atoms with Gasteiger partial charge in [0.2, 0.25) is 5.13 Å². The Morgan fingerprint density at radius 2 is 2.14 bits per heavy atom. The van der Waals surface area contributed by atoms with Gasteiger partial charge in [-0.3, -0.25) is 4.79 Å². The second-order valence-electron chi connectivity index (χ2n) is 4.18. The number of benzene rings is 1. The number of nitrogens with zero attached hydrogens (tertiary/aromatic N) is 2. The number of aromatic nitrogens is 2. The molecule has 0 saturated heterocycles. The molecule has 6 nitrogen and oxygen atoms in total. The lowest BCUT2D eigenvalue weighted by Gasteiger charge is -2.09. The van der Waals surface area contributed by atoms with E-state index in [1.165, 1.54) is 30.2 Å². The molecule has 8 heteroatoms. The third-order valence-electron chi connectivity index (χ3n) is 2.77. The van der Waals surface area contributed by atoms with E-state index < -0.39 is 0 Å². The number of carbonyl (C=O) groups excluding carboxylic acids is 1. The molecule has 118 valence electrons. The maximum Gasteiger partial charge on any atom is 0.206 e. The maximum absolute atomic E-state index is 12.3. The average molecular weight is 339 g/mol. The summed E-state index contributed by atoms with van der Waals surface area (Å²) in [4.78, 5) is 12.3. The number of ketones is 1. The minimum atomic E-state index is -0.0234. The first-order valence-electron chi connectivity index (χ1n) is 6.63. The lowest BCUT2D eigenvalue weighted by atomic mass is 10.1. The zero-order chi connectivity index (χ0) is 15.9. The topological polar surface area (TPSA) is 73.3 Å². The number of thioether (sulfide) groups is 1. The summed E-state index contributed by atoms with van der Waals surface area (Å²) in [6.07, 6.45) is 0. The molecule has 1 heterocycles. The number of methoxy groups -OCH3 is 2. The first-order valence-corrected chi connectivity index (χ1v) is 8.43. The van der Waals surface area contributed by atoms with E-state index in [2.05, 4.69) is 15.5 Å². The molecule has 0 unspecified atom stereocenters. The second-order valence-corrected chi connectivity index (χ2v) is 6.38. The SMILES string of the molecule is CCNc1nnc(SCC(=O)c2ccc(OC)cc2OC)s1. The Morgan fingerprint density at radius 1 is 1.32 bits per heavy atom. The molecule has 0 atom stereocenters. The molecular weight excluding hydrogens is 322 g/mol. The summed E-state index contributed by atoms with van der Waals surface area (Å²) in [5.41, 5.74) is 0.534. The van der Waals surface area contributed by atoms with Crippen LogP contribution in [-0.2, 0) is 0 Å². The fraction of sp³-hybridized carbons (Fsp3) is 0.357. The molecule has 0 radical (unpaired) electrons. The van der Waals surface area contributed by atoms with Gasteiger partial charge in [0.15, 0.2) is 10.1 Å². The van der Waals surface area contributed by atoms with Crippen LogP contribution >= 0.6 is 23.1 Å². The van der Waals surface area contributed by atoms with E-state index >= 15 is 0 Å². The van der Waals surface area contributed by atoms with E-state index in [0.29, 0.717) is 17.1 Å². The molecule has 2 rings (SSSR count). The summed E-state index contributed by atoms with van der Waals surface area (Å²) in [5, 5.41) is 11.9. The third-order valence-corrected chi connectivity index (χ3v) is 4.78. The van der Waals surface area contributed by atoms with Gasteiger partial charge < -0.3 is 14.8 Å². The Kier molecular flexibility index (Phi) is 6.02. The number of nitrogens with one attached hydrogen (secondary N) is 1. The number of hydrogen-bond donors (Lipinski definition) is 1. The third kappa shape index (κ3) is 4.11. The van der Waals surface area contributed by atoms with E-state index in [0.717, 1.165) is 16.0 Å². The molecule has 22 heavy (non-hydrogen) atoms. The van der Waals surface area contributed by atoms with Gasteiger partial charge in [-0.15, -0.1) is 10.2 Å². The van der Waals surface area contributed by atoms with Gasteiger partial charge >= 0.3 is 0 Å². The summed E-state index contributed by atoms with van der Waals surface area (Å²) in [6.45, 7) is 2.79. The van der Waals surface area contributed by atoms with Crippen molar-refractivity contribution >= 4 is 34.0 Å². The summed E-state index contributed by atoms with van der Waals surface area (Å²) in [6, 6.07) is 5.16. The molecular formula is C14H17N3O3S2. The van der Waals surface area contributed by atoms with Crippen LogP contribution in [0.5, 0.6) is 11.5 Å². The number of ether oxygens (including phenoxy) is 2. The van der Waals surface area contributed by atoms with Gasteiger partial charge in [0.05, 0.1) is 25.5 Å². The summed E-state index contributed by atoms with van der Waals surface area (Å²) < 4.78 is 11.1. The van der Waals surface area contributed by atoms with Crippen molar-refractivity contribution in [3.05, 3.63) is 23.8 Å². The number of carbonyl (C=O) groups is 1. The van der Waals surface area contributed by atoms with Crippen LogP contribution in [0.15, 0.2) is 22.5 Å². The Bertz CT molecular complexity index is 646. The number of Topliss-reactive ketones (excluding diaryl/α,β-unsaturated/α-hetero) is 1. The van der Waals surface area contributed by atoms with Crippen LogP contribution < -0.4 is 14.8 Å². The molecule has 1 aromatic carbocycles. The minimum Gasteiger partial charge on any atom is -0.497 e. The first kappa shape index (κ1) is 16.6. The van der Waals surface area contributed by atoms with Crippen molar-refractivity contribution in [3.8, 4) is 11.5 Å². The van der Waals surface area contributed by atoms with Gasteiger partial charge in [0.25, 0.3) is 0 Å². The number of rotatable bonds is 8. The van der Waals surface area contributed by atoms with E-state index in [-0.39, 0.29) is 11.5 Å². The summed E-state index contributed by atoms with van der Waals surface area (Å²) in [7, 11) is 3.11. The molecule has 0 aliphatic carbocycles. The van der Waals surface area contributed by atoms with Gasteiger partial charge in [-0.2, -0.15) is 0 Å². The quantitative estimate of drug-likeness (QED) is 0.585. The Balaban J connectivity index is 2.02. The largest absolute Gasteiger partial charge is 0.497 e. The predicted molar refractivity (Wildman–Crippen MR) is 88.7 cm³/mol. The van der Waals surface area contributed by atoms with Crippen molar-refractivity contribution in [1.82, 2.24) is 10.2 Å². The van der Waals surface area contributed by atoms with Gasteiger partial charge in [0.1, 0.15) is 11.5 Å². The molecule has 0 aliphatic rings. The van der Waals surface area contributed by atoms with Gasteiger partial charge in [-0.05, 0) is 19.1 Å². The van der Waals surface area contributed by atoms with Crippen molar-refractivity contribution in [2.24, 2.45) is 0 Å². The van der Waals surface area contributed by atoms with Gasteiger partial charge in [-0.1, -0.05) is 23.1 Å². The molecule has 2 aromatic rings. The van der Waals surface area contributed by atoms with Crippen molar-refractivity contribution in [1.29, 1.82) is 0 Å². The predicted octanol–water partition coefficient (Wildman–Crippen LogP) is 2.96. The fourth-order valence-corrected chi connectivity index (χ4v) is 3.43. The van der Waals surface area contributed by atoms with Crippen LogP contribution in [0.2, 0.25) is 0 Å². The van der Waals surface area contributed by atoms with Crippen LogP contribution in [0, 0.1) is 0 Å². The molecule has 0 spiro atoms. The Labute approximate surface area is 137 Å². The van der Waals surface area contributed by atoms with Crippen molar-refractivity contribution < 1.29 is 14.3 Å². The first-order chi connectivity index (χ1) is 10.7. The molecule has 1 aromatic heterocycles. The van der Waals surface area contributed by atoms with E-state index in [1.807, 2.05) is 6.92 Å². The van der Waals surface area contributed by atoms with Crippen LogP contribution in [-0.4, -0.2) is 42.5 Å². The van der Waals surface area contributed by atoms with Crippen LogP contribution in [0.1, 0.15) is 17.3 Å². The lowest BCUT2D eigenvalue weighted by molar-refractivity contribution is 0.101. The molecule has 0 aliphatic heterocycles. The highest BCUT2D eigenvalue weighted by atomic mass is 32.2. The maximum atomic E-state index is 12.3. The average Bonchev–Trinajstić information content (AvgIpc) is 3.00. The zero-order valence-electron chi connectivity index (χ0n) is 12.6. The van der Waals surface area contributed by atoms with Crippen LogP contribution in [0.25, 0.3) is 0 Å². The van der Waals surface area contributed by atoms with Gasteiger partial charge in [-0.25, -0.2) is 0 Å². The summed E-state index contributed by atoms with van der Waals surface area (Å²) >= 11 is 2.80. The minimum absolute atomic E-state index is 0.0234. The Hall–Kier alpha value is -1.80. The fourth-order valence-electron chi connectivity index (χ4n) is 1.72. The lowest BCUT2D eigenvalue weighted by Crippen LogP contribution is -2.05. The van der Waals surface area contributed by atoms with E-state index in [1.54, 1.807) is 25.3 Å². The smallest absolute Gasteiger partial charge is 0.206 e. The molecule has 0 amide bonds. The van der Waals surface area contributed by atoms with Gasteiger partial charge in [0, 0.05) is 12.6 Å². The van der Waals surface area contributed by atoms with E-state index in [9.17, 15) is 4.79 Å². The standard InChI is InChI=1S/C14H17N3O3S2/c1-4-15-13-16-17-14(22-13)21-8-11(18)10-6-5-9(19-2)7-12(10)20-3/h5-7H,4,8H2,1-3H3,(H,15,16). The highest BCUT2D eigenvalue weighted by Crippen LogP contribution is 2.29. The highest BCUT2D eigenvalue weighted by Gasteiger charge is 2.15. The molecule has 0 saturated carbocycles. The monoisotopic (exact) mass is 339 g/mol. The second kappa shape index (κ2) is 8.00. The van der Waals surface area contributed by atoms with Crippen LogP contribution in [0.3, 0.4) is 0 Å². The normalized spacial score (nSPS) is 10.3. The number of hydrogen-bond acceptors (Lipinski definition) is 8. The summed E-state index contributed by atoms with van der Waals surface area (Å²) in [5.74, 6) is 1.42. The molecule has 1 N–H and O–H groups in total. The molecule has 0 fully saturated rings. The van der Waals surface area contributed by atoms with Crippen molar-refractivity contribution in [2.45, 2.75) is 11.3 Å². The van der Waals surface area contributed by atoms with E-state index in [4.69, 9.17) is 9.47 Å². The van der Waals surface area contributed by atoms with Crippen molar-refractivity contribution in [3.63, 3.8) is 0 Å². The number of anilines is 1. The van der Waals surface area contributed by atoms with Crippen LogP contribution in [0.4, 0.5) is 5.13 Å².